The molecule has 2 nitrogen and oxygen atoms in total. The van der Waals surface area contributed by atoms with Crippen molar-refractivity contribution in [3.8, 4) is 0 Å². The van der Waals surface area contributed by atoms with E-state index in [1.165, 1.54) is 23.8 Å². The van der Waals surface area contributed by atoms with Gasteiger partial charge in [-0.15, -0.1) is 0 Å². The summed E-state index contributed by atoms with van der Waals surface area (Å²) >= 11 is 0. The minimum atomic E-state index is -0.0625. The van der Waals surface area contributed by atoms with Gasteiger partial charge in [0.15, 0.2) is 0 Å². The van der Waals surface area contributed by atoms with Crippen molar-refractivity contribution in [2.45, 2.75) is 32.6 Å². The fourth-order valence-electron chi connectivity index (χ4n) is 2.40. The maximum atomic E-state index is 11.5. The molecule has 16 heavy (non-hydrogen) atoms. The minimum absolute atomic E-state index is 0.0598. The molecule has 0 heterocycles. The van der Waals surface area contributed by atoms with E-state index in [0.717, 1.165) is 25.7 Å². The number of methoxy groups -OCH3 is 1. The highest BCUT2D eigenvalue weighted by Crippen LogP contribution is 2.27. The average Bonchev–Trinajstić information content (AvgIpc) is 2.36. The van der Waals surface area contributed by atoms with E-state index in [1.54, 1.807) is 0 Å². The van der Waals surface area contributed by atoms with Gasteiger partial charge in [-0.05, 0) is 42.4 Å². The standard InChI is InChI=1S/C14H18O2/c1-3-10-4-5-11-6-7-12(14(15)16-2)9-13(11)8-10/h4-5,8,12H,3,6-7,9H2,1-2H3. The number of carbonyl (C=O) groups is 1. The van der Waals surface area contributed by atoms with Crippen LogP contribution in [-0.2, 0) is 28.8 Å². The Labute approximate surface area is 96.6 Å². The monoisotopic (exact) mass is 218 g/mol. The number of hydrogen-bond donors (Lipinski definition) is 0. The number of carbonyl (C=O) groups excluding carboxylic acids is 1. The van der Waals surface area contributed by atoms with Gasteiger partial charge >= 0.3 is 5.97 Å². The molecule has 0 amide bonds. The van der Waals surface area contributed by atoms with Crippen LogP contribution in [0.15, 0.2) is 18.2 Å². The van der Waals surface area contributed by atoms with Gasteiger partial charge < -0.3 is 4.74 Å². The molecule has 1 atom stereocenters. The summed E-state index contributed by atoms with van der Waals surface area (Å²) in [5.41, 5.74) is 4.09. The molecule has 86 valence electrons. The Bertz CT molecular complexity index is 396. The van der Waals surface area contributed by atoms with Gasteiger partial charge in [-0.25, -0.2) is 0 Å². The van der Waals surface area contributed by atoms with Gasteiger partial charge in [-0.3, -0.25) is 4.79 Å². The molecule has 0 aromatic heterocycles. The van der Waals surface area contributed by atoms with Crippen molar-refractivity contribution >= 4 is 5.97 Å². The fourth-order valence-corrected chi connectivity index (χ4v) is 2.40. The molecule has 2 rings (SSSR count). The first-order chi connectivity index (χ1) is 7.74. The van der Waals surface area contributed by atoms with Crippen LogP contribution < -0.4 is 0 Å². The zero-order valence-corrected chi connectivity index (χ0v) is 9.95. The topological polar surface area (TPSA) is 26.3 Å². The van der Waals surface area contributed by atoms with Crippen molar-refractivity contribution in [2.24, 2.45) is 5.92 Å². The number of esters is 1. The molecule has 0 bridgehead atoms. The first kappa shape index (κ1) is 11.2. The molecule has 1 aromatic carbocycles. The number of benzene rings is 1. The van der Waals surface area contributed by atoms with E-state index in [4.69, 9.17) is 4.74 Å². The molecule has 1 aliphatic rings. The molecular formula is C14H18O2. The minimum Gasteiger partial charge on any atom is -0.469 e. The number of hydrogen-bond acceptors (Lipinski definition) is 2. The Balaban J connectivity index is 2.21. The fraction of sp³-hybridized carbons (Fsp3) is 0.500. The third-order valence-electron chi connectivity index (χ3n) is 3.44. The van der Waals surface area contributed by atoms with Crippen LogP contribution in [0.3, 0.4) is 0 Å². The van der Waals surface area contributed by atoms with Gasteiger partial charge in [0.25, 0.3) is 0 Å². The van der Waals surface area contributed by atoms with Crippen LogP contribution in [0, 0.1) is 5.92 Å². The molecule has 1 aliphatic carbocycles. The lowest BCUT2D eigenvalue weighted by Gasteiger charge is -2.23. The van der Waals surface area contributed by atoms with Crippen LogP contribution in [0.5, 0.6) is 0 Å². The second kappa shape index (κ2) is 4.69. The molecule has 0 N–H and O–H groups in total. The van der Waals surface area contributed by atoms with E-state index in [2.05, 4.69) is 25.1 Å². The number of rotatable bonds is 2. The average molecular weight is 218 g/mol. The zero-order valence-electron chi connectivity index (χ0n) is 9.95. The highest BCUT2D eigenvalue weighted by molar-refractivity contribution is 5.73. The lowest BCUT2D eigenvalue weighted by Crippen LogP contribution is -2.23. The van der Waals surface area contributed by atoms with Crippen molar-refractivity contribution in [3.05, 3.63) is 34.9 Å². The van der Waals surface area contributed by atoms with E-state index >= 15 is 0 Å². The summed E-state index contributed by atoms with van der Waals surface area (Å²) in [6.07, 6.45) is 3.82. The SMILES string of the molecule is CCc1ccc2c(c1)CC(C(=O)OC)CC2. The van der Waals surface area contributed by atoms with E-state index in [0.29, 0.717) is 0 Å². The molecule has 0 saturated heterocycles. The maximum Gasteiger partial charge on any atom is 0.309 e. The molecule has 1 aromatic rings. The molecule has 0 spiro atoms. The first-order valence-corrected chi connectivity index (χ1v) is 5.93. The van der Waals surface area contributed by atoms with E-state index < -0.39 is 0 Å². The second-order valence-corrected chi connectivity index (χ2v) is 4.42. The maximum absolute atomic E-state index is 11.5. The predicted octanol–water partition coefficient (Wildman–Crippen LogP) is 2.53. The third kappa shape index (κ3) is 2.11. The Morgan fingerprint density at radius 3 is 2.94 bits per heavy atom. The molecular weight excluding hydrogens is 200 g/mol. The second-order valence-electron chi connectivity index (χ2n) is 4.42. The Morgan fingerprint density at radius 1 is 1.44 bits per heavy atom. The highest BCUT2D eigenvalue weighted by Gasteiger charge is 2.25. The lowest BCUT2D eigenvalue weighted by atomic mass is 9.83. The van der Waals surface area contributed by atoms with Gasteiger partial charge in [0, 0.05) is 0 Å². The number of fused-ring (bicyclic) bond motifs is 1. The van der Waals surface area contributed by atoms with Crippen molar-refractivity contribution < 1.29 is 9.53 Å². The zero-order chi connectivity index (χ0) is 11.5. The molecule has 0 fully saturated rings. The van der Waals surface area contributed by atoms with Crippen LogP contribution in [0.2, 0.25) is 0 Å². The van der Waals surface area contributed by atoms with Crippen LogP contribution >= 0.6 is 0 Å². The van der Waals surface area contributed by atoms with Crippen LogP contribution in [0.1, 0.15) is 30.0 Å². The van der Waals surface area contributed by atoms with Gasteiger partial charge in [-0.2, -0.15) is 0 Å². The summed E-state index contributed by atoms with van der Waals surface area (Å²) in [5.74, 6) is -0.00263. The normalized spacial score (nSPS) is 19.0. The summed E-state index contributed by atoms with van der Waals surface area (Å²) in [4.78, 5) is 11.5. The smallest absolute Gasteiger partial charge is 0.309 e. The molecule has 1 unspecified atom stereocenters. The van der Waals surface area contributed by atoms with Gasteiger partial charge in [-0.1, -0.05) is 25.1 Å². The van der Waals surface area contributed by atoms with Crippen LogP contribution in [-0.4, -0.2) is 13.1 Å². The quantitative estimate of drug-likeness (QED) is 0.713. The Morgan fingerprint density at radius 2 is 2.25 bits per heavy atom. The van der Waals surface area contributed by atoms with Gasteiger partial charge in [0.05, 0.1) is 13.0 Å². The highest BCUT2D eigenvalue weighted by atomic mass is 16.5. The molecule has 0 saturated carbocycles. The predicted molar refractivity (Wildman–Crippen MR) is 63.4 cm³/mol. The van der Waals surface area contributed by atoms with Crippen molar-refractivity contribution in [2.75, 3.05) is 7.11 Å². The van der Waals surface area contributed by atoms with Crippen molar-refractivity contribution in [1.29, 1.82) is 0 Å². The number of ether oxygens (including phenoxy) is 1. The summed E-state index contributed by atoms with van der Waals surface area (Å²) in [6, 6.07) is 6.64. The van der Waals surface area contributed by atoms with E-state index in [9.17, 15) is 4.79 Å². The molecule has 0 radical (unpaired) electrons. The molecule has 2 heteroatoms. The van der Waals surface area contributed by atoms with Crippen LogP contribution in [0.4, 0.5) is 0 Å². The van der Waals surface area contributed by atoms with Crippen molar-refractivity contribution in [1.82, 2.24) is 0 Å². The van der Waals surface area contributed by atoms with Gasteiger partial charge in [0.1, 0.15) is 0 Å². The van der Waals surface area contributed by atoms with Gasteiger partial charge in [0.2, 0.25) is 0 Å². The summed E-state index contributed by atoms with van der Waals surface area (Å²) in [7, 11) is 1.47. The molecule has 0 aliphatic heterocycles. The van der Waals surface area contributed by atoms with Crippen molar-refractivity contribution in [3.63, 3.8) is 0 Å². The van der Waals surface area contributed by atoms with E-state index in [-0.39, 0.29) is 11.9 Å². The number of aryl methyl sites for hydroxylation is 2. The lowest BCUT2D eigenvalue weighted by molar-refractivity contribution is -0.145. The summed E-state index contributed by atoms with van der Waals surface area (Å²) in [6.45, 7) is 2.16. The summed E-state index contributed by atoms with van der Waals surface area (Å²) in [5, 5.41) is 0. The Kier molecular flexibility index (Phi) is 3.28. The van der Waals surface area contributed by atoms with E-state index in [1.807, 2.05) is 0 Å². The van der Waals surface area contributed by atoms with Crippen LogP contribution in [0.25, 0.3) is 0 Å². The summed E-state index contributed by atoms with van der Waals surface area (Å²) < 4.78 is 4.82. The first-order valence-electron chi connectivity index (χ1n) is 5.93. The Hall–Kier alpha value is -1.31. The third-order valence-corrected chi connectivity index (χ3v) is 3.44. The largest absolute Gasteiger partial charge is 0.469 e.